The topological polar surface area (TPSA) is 72.2 Å². The lowest BCUT2D eigenvalue weighted by atomic mass is 10.1. The van der Waals surface area contributed by atoms with Gasteiger partial charge in [0.2, 0.25) is 0 Å². The Labute approximate surface area is 106 Å². The lowest BCUT2D eigenvalue weighted by molar-refractivity contribution is 0.0342. The molecule has 4 heteroatoms. The molecule has 0 radical (unpaired) electrons. The van der Waals surface area contributed by atoms with E-state index < -0.39 is 0 Å². The van der Waals surface area contributed by atoms with Gasteiger partial charge < -0.3 is 14.9 Å². The molecule has 1 heterocycles. The molecule has 0 saturated carbocycles. The van der Waals surface area contributed by atoms with E-state index in [1.807, 2.05) is 42.5 Å². The van der Waals surface area contributed by atoms with Crippen molar-refractivity contribution in [2.24, 2.45) is 5.73 Å². The third kappa shape index (κ3) is 3.46. The number of hydrogen-bond donors (Lipinski definition) is 2. The SMILES string of the molecule is N=C(N)CC(OCc1ccco1)c1ccccc1. The number of benzene rings is 1. The average Bonchev–Trinajstić information content (AvgIpc) is 2.88. The minimum absolute atomic E-state index is 0.114. The summed E-state index contributed by atoms with van der Waals surface area (Å²) >= 11 is 0. The molecule has 4 nitrogen and oxygen atoms in total. The Balaban J connectivity index is 2.03. The molecule has 0 aliphatic heterocycles. The molecule has 1 atom stereocenters. The minimum Gasteiger partial charge on any atom is -0.467 e. The van der Waals surface area contributed by atoms with Gasteiger partial charge in [-0.15, -0.1) is 0 Å². The fraction of sp³-hybridized carbons (Fsp3) is 0.214. The van der Waals surface area contributed by atoms with Crippen LogP contribution in [0.2, 0.25) is 0 Å². The van der Waals surface area contributed by atoms with Gasteiger partial charge in [-0.1, -0.05) is 30.3 Å². The molecule has 0 aliphatic carbocycles. The smallest absolute Gasteiger partial charge is 0.129 e. The van der Waals surface area contributed by atoms with Crippen molar-refractivity contribution in [2.75, 3.05) is 0 Å². The fourth-order valence-electron chi connectivity index (χ4n) is 1.72. The summed E-state index contributed by atoms with van der Waals surface area (Å²) < 4.78 is 11.0. The average molecular weight is 244 g/mol. The molecule has 18 heavy (non-hydrogen) atoms. The number of ether oxygens (including phenoxy) is 1. The summed E-state index contributed by atoms with van der Waals surface area (Å²) in [6.45, 7) is 0.375. The largest absolute Gasteiger partial charge is 0.467 e. The van der Waals surface area contributed by atoms with E-state index in [1.54, 1.807) is 6.26 Å². The van der Waals surface area contributed by atoms with Crippen molar-refractivity contribution in [3.05, 3.63) is 60.1 Å². The first-order valence-electron chi connectivity index (χ1n) is 5.77. The standard InChI is InChI=1S/C14H16N2O2/c15-14(16)9-13(11-5-2-1-3-6-11)18-10-12-7-4-8-17-12/h1-8,13H,9-10H2,(H3,15,16). The van der Waals surface area contributed by atoms with Crippen molar-refractivity contribution in [3.8, 4) is 0 Å². The van der Waals surface area contributed by atoms with E-state index >= 15 is 0 Å². The lowest BCUT2D eigenvalue weighted by Gasteiger charge is -2.17. The molecule has 0 fully saturated rings. The summed E-state index contributed by atoms with van der Waals surface area (Å²) in [7, 11) is 0. The van der Waals surface area contributed by atoms with E-state index in [9.17, 15) is 0 Å². The summed E-state index contributed by atoms with van der Waals surface area (Å²) in [4.78, 5) is 0. The van der Waals surface area contributed by atoms with Gasteiger partial charge in [-0.3, -0.25) is 5.41 Å². The van der Waals surface area contributed by atoms with Crippen LogP contribution in [-0.4, -0.2) is 5.84 Å². The van der Waals surface area contributed by atoms with Crippen LogP contribution in [0.3, 0.4) is 0 Å². The first-order valence-corrected chi connectivity index (χ1v) is 5.77. The summed E-state index contributed by atoms with van der Waals surface area (Å²) in [6, 6.07) is 13.4. The van der Waals surface area contributed by atoms with Crippen molar-refractivity contribution in [2.45, 2.75) is 19.1 Å². The first kappa shape index (κ1) is 12.4. The monoisotopic (exact) mass is 244 g/mol. The molecule has 2 rings (SSSR count). The van der Waals surface area contributed by atoms with Gasteiger partial charge in [0.05, 0.1) is 18.2 Å². The number of furan rings is 1. The van der Waals surface area contributed by atoms with Crippen LogP contribution < -0.4 is 5.73 Å². The van der Waals surface area contributed by atoms with Crippen LogP contribution in [0.15, 0.2) is 53.1 Å². The Kier molecular flexibility index (Phi) is 4.15. The van der Waals surface area contributed by atoms with Gasteiger partial charge in [0.1, 0.15) is 12.4 Å². The molecule has 1 aromatic heterocycles. The molecular formula is C14H16N2O2. The zero-order valence-electron chi connectivity index (χ0n) is 10.0. The predicted octanol–water partition coefficient (Wildman–Crippen LogP) is 2.86. The zero-order valence-corrected chi connectivity index (χ0v) is 10.0. The summed E-state index contributed by atoms with van der Waals surface area (Å²) in [5.41, 5.74) is 6.47. The highest BCUT2D eigenvalue weighted by Crippen LogP contribution is 2.22. The zero-order chi connectivity index (χ0) is 12.8. The highest BCUT2D eigenvalue weighted by Gasteiger charge is 2.13. The van der Waals surface area contributed by atoms with Crippen LogP contribution in [0, 0.1) is 5.41 Å². The predicted molar refractivity (Wildman–Crippen MR) is 69.2 cm³/mol. The maximum absolute atomic E-state index is 7.40. The molecule has 1 aromatic carbocycles. The second-order valence-corrected chi connectivity index (χ2v) is 4.02. The van der Waals surface area contributed by atoms with Crippen LogP contribution in [0.4, 0.5) is 0 Å². The number of nitrogens with one attached hydrogen (secondary N) is 1. The van der Waals surface area contributed by atoms with Crippen molar-refractivity contribution < 1.29 is 9.15 Å². The summed E-state index contributed by atoms with van der Waals surface area (Å²) in [5.74, 6) is 0.878. The number of nitrogens with two attached hydrogens (primary N) is 1. The number of rotatable bonds is 6. The minimum atomic E-state index is -0.214. The summed E-state index contributed by atoms with van der Waals surface area (Å²) in [6.07, 6.45) is 1.78. The van der Waals surface area contributed by atoms with E-state index in [0.717, 1.165) is 11.3 Å². The van der Waals surface area contributed by atoms with E-state index in [2.05, 4.69) is 0 Å². The van der Waals surface area contributed by atoms with E-state index in [1.165, 1.54) is 0 Å². The molecule has 1 unspecified atom stereocenters. The van der Waals surface area contributed by atoms with Gasteiger partial charge in [-0.05, 0) is 17.7 Å². The summed E-state index contributed by atoms with van der Waals surface area (Å²) in [5, 5.41) is 7.40. The van der Waals surface area contributed by atoms with E-state index in [0.29, 0.717) is 13.0 Å². The van der Waals surface area contributed by atoms with Crippen LogP contribution in [0.5, 0.6) is 0 Å². The molecule has 0 aliphatic rings. The van der Waals surface area contributed by atoms with Crippen LogP contribution >= 0.6 is 0 Å². The Hall–Kier alpha value is -2.07. The van der Waals surface area contributed by atoms with Crippen molar-refractivity contribution >= 4 is 5.84 Å². The molecular weight excluding hydrogens is 228 g/mol. The molecule has 0 bridgehead atoms. The second kappa shape index (κ2) is 6.02. The van der Waals surface area contributed by atoms with Crippen LogP contribution in [0.1, 0.15) is 23.8 Å². The molecule has 0 saturated heterocycles. The molecule has 3 N–H and O–H groups in total. The lowest BCUT2D eigenvalue weighted by Crippen LogP contribution is -2.16. The first-order chi connectivity index (χ1) is 8.75. The third-order valence-corrected chi connectivity index (χ3v) is 2.58. The number of amidine groups is 1. The third-order valence-electron chi connectivity index (χ3n) is 2.58. The maximum Gasteiger partial charge on any atom is 0.129 e. The van der Waals surface area contributed by atoms with Crippen molar-refractivity contribution in [1.82, 2.24) is 0 Å². The highest BCUT2D eigenvalue weighted by molar-refractivity contribution is 5.77. The number of hydrogen-bond acceptors (Lipinski definition) is 3. The van der Waals surface area contributed by atoms with Gasteiger partial charge in [0.15, 0.2) is 0 Å². The molecule has 2 aromatic rings. The van der Waals surface area contributed by atoms with Gasteiger partial charge in [-0.25, -0.2) is 0 Å². The van der Waals surface area contributed by atoms with Gasteiger partial charge >= 0.3 is 0 Å². The normalized spacial score (nSPS) is 12.2. The van der Waals surface area contributed by atoms with E-state index in [-0.39, 0.29) is 11.9 Å². The van der Waals surface area contributed by atoms with Crippen LogP contribution in [0.25, 0.3) is 0 Å². The van der Waals surface area contributed by atoms with Gasteiger partial charge in [0, 0.05) is 6.42 Å². The van der Waals surface area contributed by atoms with Crippen LogP contribution in [-0.2, 0) is 11.3 Å². The highest BCUT2D eigenvalue weighted by atomic mass is 16.5. The Morgan fingerprint density at radius 1 is 1.22 bits per heavy atom. The van der Waals surface area contributed by atoms with Gasteiger partial charge in [-0.2, -0.15) is 0 Å². The fourth-order valence-corrected chi connectivity index (χ4v) is 1.72. The van der Waals surface area contributed by atoms with E-state index in [4.69, 9.17) is 20.3 Å². The second-order valence-electron chi connectivity index (χ2n) is 4.02. The molecule has 0 spiro atoms. The molecule has 94 valence electrons. The Bertz CT molecular complexity index is 480. The van der Waals surface area contributed by atoms with Gasteiger partial charge in [0.25, 0.3) is 0 Å². The Morgan fingerprint density at radius 2 is 2.00 bits per heavy atom. The van der Waals surface area contributed by atoms with Crippen molar-refractivity contribution in [3.63, 3.8) is 0 Å². The Morgan fingerprint density at radius 3 is 2.61 bits per heavy atom. The van der Waals surface area contributed by atoms with Crippen molar-refractivity contribution in [1.29, 1.82) is 5.41 Å². The molecule has 0 amide bonds. The maximum atomic E-state index is 7.40. The quantitative estimate of drug-likeness (QED) is 0.606.